The number of aromatic nitrogens is 2. The molecule has 0 saturated carbocycles. The van der Waals surface area contributed by atoms with Gasteiger partial charge in [0.1, 0.15) is 0 Å². The van der Waals surface area contributed by atoms with Crippen LogP contribution in [0, 0.1) is 0 Å². The van der Waals surface area contributed by atoms with Gasteiger partial charge in [0.2, 0.25) is 11.8 Å². The summed E-state index contributed by atoms with van der Waals surface area (Å²) in [5.74, 6) is 0.715. The minimum absolute atomic E-state index is 0.170. The monoisotopic (exact) mass is 239 g/mol. The molecule has 0 radical (unpaired) electrons. The van der Waals surface area contributed by atoms with Crippen molar-refractivity contribution >= 4 is 11.9 Å². The van der Waals surface area contributed by atoms with Gasteiger partial charge in [-0.2, -0.15) is 0 Å². The molecule has 1 aromatic rings. The predicted molar refractivity (Wildman–Crippen MR) is 61.3 cm³/mol. The van der Waals surface area contributed by atoms with E-state index in [9.17, 15) is 4.79 Å². The van der Waals surface area contributed by atoms with Crippen molar-refractivity contribution in [1.82, 2.24) is 15.1 Å². The average molecular weight is 239 g/mol. The van der Waals surface area contributed by atoms with Crippen LogP contribution in [0.3, 0.4) is 0 Å². The summed E-state index contributed by atoms with van der Waals surface area (Å²) in [6.07, 6.45) is 1.92. The molecule has 1 unspecified atom stereocenters. The molecule has 0 bridgehead atoms. The van der Waals surface area contributed by atoms with Crippen LogP contribution in [0.25, 0.3) is 0 Å². The first-order valence-corrected chi connectivity index (χ1v) is 5.72. The molecule has 1 aliphatic heterocycles. The van der Waals surface area contributed by atoms with Crippen LogP contribution in [-0.2, 0) is 11.2 Å². The molecule has 7 heteroatoms. The molecule has 7 nitrogen and oxygen atoms in total. The quantitative estimate of drug-likeness (QED) is 0.742. The Hall–Kier alpha value is -1.63. The van der Waals surface area contributed by atoms with E-state index in [1.54, 1.807) is 11.9 Å². The number of carbonyl (C=O) groups excluding carboxylic acids is 1. The lowest BCUT2D eigenvalue weighted by Crippen LogP contribution is -2.43. The van der Waals surface area contributed by atoms with Gasteiger partial charge in [-0.05, 0) is 6.42 Å². The molecule has 0 spiro atoms. The number of likely N-dealkylation sites (tertiary alicyclic amines) is 1. The zero-order valence-electron chi connectivity index (χ0n) is 9.85. The lowest BCUT2D eigenvalue weighted by molar-refractivity contribution is -0.132. The van der Waals surface area contributed by atoms with Gasteiger partial charge >= 0.3 is 6.01 Å². The minimum atomic E-state index is 0.170. The van der Waals surface area contributed by atoms with Gasteiger partial charge in [-0.1, -0.05) is 5.10 Å². The van der Waals surface area contributed by atoms with Crippen molar-refractivity contribution in [2.45, 2.75) is 25.3 Å². The fourth-order valence-corrected chi connectivity index (χ4v) is 1.84. The highest BCUT2D eigenvalue weighted by Crippen LogP contribution is 2.15. The molecule has 94 valence electrons. The number of rotatable bonds is 4. The summed E-state index contributed by atoms with van der Waals surface area (Å²) < 4.78 is 5.37. The van der Waals surface area contributed by atoms with Crippen LogP contribution in [0.15, 0.2) is 4.42 Å². The Morgan fingerprint density at radius 2 is 2.41 bits per heavy atom. The van der Waals surface area contributed by atoms with Crippen LogP contribution in [0.2, 0.25) is 0 Å². The fraction of sp³-hybridized carbons (Fsp3) is 0.700. The zero-order chi connectivity index (χ0) is 12.3. The van der Waals surface area contributed by atoms with Gasteiger partial charge in [-0.3, -0.25) is 4.79 Å². The van der Waals surface area contributed by atoms with Gasteiger partial charge in [-0.25, -0.2) is 0 Å². The third-order valence-corrected chi connectivity index (χ3v) is 2.78. The zero-order valence-corrected chi connectivity index (χ0v) is 9.85. The van der Waals surface area contributed by atoms with Crippen molar-refractivity contribution in [3.63, 3.8) is 0 Å². The molecule has 1 aliphatic rings. The van der Waals surface area contributed by atoms with E-state index in [2.05, 4.69) is 15.5 Å². The Morgan fingerprint density at radius 3 is 3.12 bits per heavy atom. The van der Waals surface area contributed by atoms with Gasteiger partial charge in [0.05, 0.1) is 0 Å². The van der Waals surface area contributed by atoms with Crippen LogP contribution < -0.4 is 11.1 Å². The molecule has 3 N–H and O–H groups in total. The second-order valence-electron chi connectivity index (χ2n) is 4.19. The number of likely N-dealkylation sites (N-methyl/N-ethyl adjacent to an activating group) is 1. The van der Waals surface area contributed by atoms with Crippen molar-refractivity contribution in [1.29, 1.82) is 0 Å². The molecule has 1 saturated heterocycles. The molecule has 1 atom stereocenters. The summed E-state index contributed by atoms with van der Waals surface area (Å²) in [4.78, 5) is 13.0. The van der Waals surface area contributed by atoms with E-state index < -0.39 is 0 Å². The van der Waals surface area contributed by atoms with Gasteiger partial charge in [0.25, 0.3) is 0 Å². The molecule has 1 fully saturated rings. The maximum absolute atomic E-state index is 11.3. The lowest BCUT2D eigenvalue weighted by atomic mass is 10.1. The normalized spacial score (nSPS) is 20.7. The topological polar surface area (TPSA) is 97.3 Å². The number of nitrogens with zero attached hydrogens (tertiary/aromatic N) is 3. The Kier molecular flexibility index (Phi) is 3.58. The number of anilines is 1. The molecule has 2 rings (SSSR count). The van der Waals surface area contributed by atoms with Crippen LogP contribution >= 0.6 is 0 Å². The molecular weight excluding hydrogens is 222 g/mol. The third kappa shape index (κ3) is 2.94. The predicted octanol–water partition coefficient (Wildman–Crippen LogP) is -0.396. The second-order valence-corrected chi connectivity index (χ2v) is 4.19. The van der Waals surface area contributed by atoms with E-state index in [0.29, 0.717) is 37.8 Å². The maximum Gasteiger partial charge on any atom is 0.315 e. The van der Waals surface area contributed by atoms with Gasteiger partial charge in [0.15, 0.2) is 0 Å². The smallest absolute Gasteiger partial charge is 0.315 e. The summed E-state index contributed by atoms with van der Waals surface area (Å²) in [7, 11) is 1.80. The Labute approximate surface area is 99.4 Å². The van der Waals surface area contributed by atoms with Crippen LogP contribution in [0.5, 0.6) is 0 Å². The molecule has 1 amide bonds. The maximum atomic E-state index is 11.3. The molecule has 2 heterocycles. The van der Waals surface area contributed by atoms with Crippen molar-refractivity contribution in [3.8, 4) is 0 Å². The SMILES string of the molecule is CN1CC(Nc2nnc(CCN)o2)CCC1=O. The highest BCUT2D eigenvalue weighted by molar-refractivity contribution is 5.76. The molecule has 1 aromatic heterocycles. The largest absolute Gasteiger partial charge is 0.408 e. The first-order chi connectivity index (χ1) is 8.19. The summed E-state index contributed by atoms with van der Waals surface area (Å²) >= 11 is 0. The minimum Gasteiger partial charge on any atom is -0.408 e. The van der Waals surface area contributed by atoms with Crippen LogP contribution in [0.1, 0.15) is 18.7 Å². The van der Waals surface area contributed by atoms with Crippen molar-refractivity contribution in [2.24, 2.45) is 5.73 Å². The van der Waals surface area contributed by atoms with Gasteiger partial charge in [0, 0.05) is 39.0 Å². The Morgan fingerprint density at radius 1 is 1.59 bits per heavy atom. The van der Waals surface area contributed by atoms with E-state index in [1.165, 1.54) is 0 Å². The Bertz CT molecular complexity index is 392. The molecule has 17 heavy (non-hydrogen) atoms. The van der Waals surface area contributed by atoms with E-state index in [1.807, 2.05) is 0 Å². The number of nitrogens with two attached hydrogens (primary N) is 1. The second kappa shape index (κ2) is 5.13. The number of amides is 1. The summed E-state index contributed by atoms with van der Waals surface area (Å²) in [5.41, 5.74) is 5.40. The highest BCUT2D eigenvalue weighted by atomic mass is 16.4. The standard InChI is InChI=1S/C10H17N5O2/c1-15-6-7(2-3-9(15)16)12-10-14-13-8(17-10)4-5-11/h7H,2-6,11H2,1H3,(H,12,14). The Balaban J connectivity index is 1.89. The molecule has 0 aliphatic carbocycles. The number of nitrogens with one attached hydrogen (secondary N) is 1. The van der Waals surface area contributed by atoms with Gasteiger partial charge < -0.3 is 20.4 Å². The highest BCUT2D eigenvalue weighted by Gasteiger charge is 2.23. The first-order valence-electron chi connectivity index (χ1n) is 5.72. The van der Waals surface area contributed by atoms with E-state index in [-0.39, 0.29) is 11.9 Å². The number of piperidine rings is 1. The third-order valence-electron chi connectivity index (χ3n) is 2.78. The van der Waals surface area contributed by atoms with Crippen LogP contribution in [0.4, 0.5) is 6.01 Å². The summed E-state index contributed by atoms with van der Waals surface area (Å²) in [6.45, 7) is 1.15. The molecule has 0 aromatic carbocycles. The van der Waals surface area contributed by atoms with Crippen molar-refractivity contribution < 1.29 is 9.21 Å². The molecular formula is C10H17N5O2. The first kappa shape index (κ1) is 11.8. The van der Waals surface area contributed by atoms with E-state index in [0.717, 1.165) is 6.42 Å². The number of hydrogen-bond acceptors (Lipinski definition) is 6. The van der Waals surface area contributed by atoms with E-state index >= 15 is 0 Å². The van der Waals surface area contributed by atoms with Crippen molar-refractivity contribution in [2.75, 3.05) is 25.5 Å². The fourth-order valence-electron chi connectivity index (χ4n) is 1.84. The van der Waals surface area contributed by atoms with Gasteiger partial charge in [-0.15, -0.1) is 5.10 Å². The number of carbonyl (C=O) groups is 1. The van der Waals surface area contributed by atoms with Crippen LogP contribution in [-0.4, -0.2) is 47.2 Å². The van der Waals surface area contributed by atoms with Crippen molar-refractivity contribution in [3.05, 3.63) is 5.89 Å². The van der Waals surface area contributed by atoms with E-state index in [4.69, 9.17) is 10.2 Å². The summed E-state index contributed by atoms with van der Waals surface area (Å²) in [5, 5.41) is 10.9. The number of hydrogen-bond donors (Lipinski definition) is 2. The lowest BCUT2D eigenvalue weighted by Gasteiger charge is -2.29. The average Bonchev–Trinajstić information content (AvgIpc) is 2.72. The summed E-state index contributed by atoms with van der Waals surface area (Å²) in [6, 6.07) is 0.574.